The van der Waals surface area contributed by atoms with Gasteiger partial charge in [0.15, 0.2) is 5.65 Å². The predicted octanol–water partition coefficient (Wildman–Crippen LogP) is 4.46. The third-order valence-corrected chi connectivity index (χ3v) is 7.07. The summed E-state index contributed by atoms with van der Waals surface area (Å²) in [4.78, 5) is 9.13. The number of nitrogens with one attached hydrogen (secondary N) is 1. The Kier molecular flexibility index (Phi) is 4.21. The molecule has 0 bridgehead atoms. The Labute approximate surface area is 191 Å². The van der Waals surface area contributed by atoms with Crippen LogP contribution in [0, 0.1) is 16.7 Å². The zero-order valence-electron chi connectivity index (χ0n) is 18.6. The Hall–Kier alpha value is -3.92. The molecule has 164 valence electrons. The van der Waals surface area contributed by atoms with Crippen molar-refractivity contribution in [1.29, 1.82) is 5.26 Å². The number of nitriles is 1. The molecule has 0 saturated heterocycles. The quantitative estimate of drug-likeness (QED) is 0.490. The van der Waals surface area contributed by atoms with Gasteiger partial charge in [-0.1, -0.05) is 19.9 Å². The van der Waals surface area contributed by atoms with Crippen LogP contribution in [-0.4, -0.2) is 30.7 Å². The number of nitrogens with zero attached hydrogens (tertiary/aromatic N) is 5. The second-order valence-electron chi connectivity index (χ2n) is 9.66. The zero-order valence-corrected chi connectivity index (χ0v) is 18.6. The van der Waals surface area contributed by atoms with Gasteiger partial charge in [0.05, 0.1) is 17.5 Å². The molecule has 7 nitrogen and oxygen atoms in total. The molecule has 2 aliphatic rings. The highest BCUT2D eigenvalue weighted by atomic mass is 16.3. The largest absolute Gasteiger partial charge is 0.508 e. The van der Waals surface area contributed by atoms with Crippen molar-refractivity contribution in [2.45, 2.75) is 45.1 Å². The first-order valence-electron chi connectivity index (χ1n) is 11.3. The van der Waals surface area contributed by atoms with Crippen molar-refractivity contribution < 1.29 is 5.11 Å². The van der Waals surface area contributed by atoms with Crippen molar-refractivity contribution in [1.82, 2.24) is 19.6 Å². The van der Waals surface area contributed by atoms with Crippen molar-refractivity contribution >= 4 is 11.5 Å². The SMILES string of the molecule is CC(C)c1cnn2c(N[C@H]3C[C@@]34Cc3ccc(O)cc3C4)cc(-c3cncc(C#N)c3)nc12. The van der Waals surface area contributed by atoms with Crippen LogP contribution in [0.1, 0.15) is 48.4 Å². The van der Waals surface area contributed by atoms with Crippen molar-refractivity contribution in [3.05, 3.63) is 71.2 Å². The summed E-state index contributed by atoms with van der Waals surface area (Å²) < 4.78 is 1.89. The summed E-state index contributed by atoms with van der Waals surface area (Å²) in [5.41, 5.74) is 6.76. The molecule has 3 heterocycles. The maximum atomic E-state index is 9.87. The summed E-state index contributed by atoms with van der Waals surface area (Å²) >= 11 is 0. The molecule has 2 atom stereocenters. The maximum Gasteiger partial charge on any atom is 0.161 e. The minimum Gasteiger partial charge on any atom is -0.508 e. The molecule has 6 rings (SSSR count). The second kappa shape index (κ2) is 7.04. The summed E-state index contributed by atoms with van der Waals surface area (Å²) in [6.07, 6.45) is 8.26. The van der Waals surface area contributed by atoms with Crippen LogP contribution in [0.2, 0.25) is 0 Å². The van der Waals surface area contributed by atoms with E-state index < -0.39 is 0 Å². The number of aromatic hydroxyl groups is 1. The Balaban J connectivity index is 1.38. The number of hydrogen-bond acceptors (Lipinski definition) is 6. The fourth-order valence-electron chi connectivity index (χ4n) is 5.17. The summed E-state index contributed by atoms with van der Waals surface area (Å²) in [7, 11) is 0. The number of pyridine rings is 1. The highest BCUT2D eigenvalue weighted by Crippen LogP contribution is 2.57. The van der Waals surface area contributed by atoms with Crippen LogP contribution < -0.4 is 5.32 Å². The molecule has 0 aliphatic heterocycles. The molecule has 3 aromatic heterocycles. The van der Waals surface area contributed by atoms with E-state index in [2.05, 4.69) is 41.4 Å². The molecular weight excluding hydrogens is 412 g/mol. The van der Waals surface area contributed by atoms with Crippen LogP contribution in [-0.2, 0) is 12.8 Å². The lowest BCUT2D eigenvalue weighted by atomic mass is 10.0. The van der Waals surface area contributed by atoms with E-state index in [1.54, 1.807) is 18.5 Å². The van der Waals surface area contributed by atoms with E-state index in [4.69, 9.17) is 4.98 Å². The normalized spacial score (nSPS) is 20.8. The molecule has 1 fully saturated rings. The summed E-state index contributed by atoms with van der Waals surface area (Å²) in [5.74, 6) is 1.51. The first-order valence-corrected chi connectivity index (χ1v) is 11.3. The number of fused-ring (bicyclic) bond motifs is 2. The molecule has 2 aliphatic carbocycles. The van der Waals surface area contributed by atoms with Crippen LogP contribution >= 0.6 is 0 Å². The third kappa shape index (κ3) is 3.21. The van der Waals surface area contributed by atoms with Gasteiger partial charge in [-0.15, -0.1) is 0 Å². The monoisotopic (exact) mass is 436 g/mol. The van der Waals surface area contributed by atoms with Gasteiger partial charge < -0.3 is 10.4 Å². The number of phenols is 1. The number of phenolic OH excluding ortho intramolecular Hbond substituents is 1. The van der Waals surface area contributed by atoms with Crippen LogP contribution in [0.15, 0.2) is 48.9 Å². The molecule has 4 aromatic rings. The minimum absolute atomic E-state index is 0.183. The van der Waals surface area contributed by atoms with Crippen molar-refractivity contribution in [2.24, 2.45) is 5.41 Å². The molecule has 1 spiro atoms. The van der Waals surface area contributed by atoms with Gasteiger partial charge in [0.2, 0.25) is 0 Å². The average molecular weight is 437 g/mol. The molecule has 0 radical (unpaired) electrons. The smallest absolute Gasteiger partial charge is 0.161 e. The molecule has 33 heavy (non-hydrogen) atoms. The number of rotatable bonds is 4. The maximum absolute atomic E-state index is 9.87. The number of hydrogen-bond donors (Lipinski definition) is 2. The van der Waals surface area contributed by atoms with E-state index in [-0.39, 0.29) is 11.3 Å². The van der Waals surface area contributed by atoms with E-state index in [1.165, 1.54) is 11.1 Å². The average Bonchev–Trinajstić information content (AvgIpc) is 3.12. The Bertz CT molecular complexity index is 1450. The van der Waals surface area contributed by atoms with E-state index in [0.717, 1.165) is 47.5 Å². The molecule has 7 heteroatoms. The van der Waals surface area contributed by atoms with E-state index in [1.807, 2.05) is 28.9 Å². The van der Waals surface area contributed by atoms with Gasteiger partial charge >= 0.3 is 0 Å². The van der Waals surface area contributed by atoms with E-state index in [0.29, 0.717) is 17.4 Å². The molecule has 0 amide bonds. The number of benzene rings is 1. The first-order chi connectivity index (χ1) is 16.0. The molecular formula is C26H24N6O. The molecule has 2 N–H and O–H groups in total. The Morgan fingerprint density at radius 1 is 1.15 bits per heavy atom. The zero-order chi connectivity index (χ0) is 22.7. The van der Waals surface area contributed by atoms with Gasteiger partial charge in [-0.25, -0.2) is 4.98 Å². The van der Waals surface area contributed by atoms with Crippen molar-refractivity contribution in [3.63, 3.8) is 0 Å². The van der Waals surface area contributed by atoms with Gasteiger partial charge in [-0.05, 0) is 54.5 Å². The second-order valence-corrected chi connectivity index (χ2v) is 9.66. The summed E-state index contributed by atoms with van der Waals surface area (Å²) in [6.45, 7) is 4.27. The molecule has 1 saturated carbocycles. The lowest BCUT2D eigenvalue weighted by molar-refractivity contribution is 0.474. The first kappa shape index (κ1) is 19.7. The van der Waals surface area contributed by atoms with Gasteiger partial charge in [0.1, 0.15) is 17.6 Å². The third-order valence-electron chi connectivity index (χ3n) is 7.07. The lowest BCUT2D eigenvalue weighted by Crippen LogP contribution is -2.17. The standard InChI is InChI=1S/C26H24N6O/c1-15(2)21-14-29-32-24(7-22(30-25(21)32)19-5-16(11-27)12-28-13-19)31-23-10-26(23)8-17-3-4-20(33)6-18(17)9-26/h3-7,12-15,23,31,33H,8-10H2,1-2H3/t23-,26-/m0/s1. The van der Waals surface area contributed by atoms with Crippen LogP contribution in [0.5, 0.6) is 5.75 Å². The van der Waals surface area contributed by atoms with E-state index >= 15 is 0 Å². The van der Waals surface area contributed by atoms with Crippen LogP contribution in [0.25, 0.3) is 16.9 Å². The Morgan fingerprint density at radius 2 is 2.00 bits per heavy atom. The minimum atomic E-state index is 0.183. The summed E-state index contributed by atoms with van der Waals surface area (Å²) in [6, 6.07) is 12.0. The number of anilines is 1. The fourth-order valence-corrected chi connectivity index (χ4v) is 5.17. The van der Waals surface area contributed by atoms with Crippen molar-refractivity contribution in [2.75, 3.05) is 5.32 Å². The van der Waals surface area contributed by atoms with Crippen LogP contribution in [0.3, 0.4) is 0 Å². The van der Waals surface area contributed by atoms with Gasteiger partial charge in [-0.3, -0.25) is 4.98 Å². The highest BCUT2D eigenvalue weighted by molar-refractivity contribution is 5.69. The lowest BCUT2D eigenvalue weighted by Gasteiger charge is -2.14. The van der Waals surface area contributed by atoms with Crippen molar-refractivity contribution in [3.8, 4) is 23.1 Å². The number of aromatic nitrogens is 4. The topological polar surface area (TPSA) is 99.1 Å². The van der Waals surface area contributed by atoms with E-state index in [9.17, 15) is 10.4 Å². The predicted molar refractivity (Wildman–Crippen MR) is 125 cm³/mol. The van der Waals surface area contributed by atoms with Gasteiger partial charge in [0, 0.05) is 41.0 Å². The summed E-state index contributed by atoms with van der Waals surface area (Å²) in [5, 5.41) is 27.6. The van der Waals surface area contributed by atoms with Crippen LogP contribution in [0.4, 0.5) is 5.82 Å². The highest BCUT2D eigenvalue weighted by Gasteiger charge is 2.57. The molecule has 0 unspecified atom stereocenters. The van der Waals surface area contributed by atoms with Gasteiger partial charge in [0.25, 0.3) is 0 Å². The van der Waals surface area contributed by atoms with Gasteiger partial charge in [-0.2, -0.15) is 14.9 Å². The molecule has 1 aromatic carbocycles. The fraction of sp³-hybridized carbons (Fsp3) is 0.308. The Morgan fingerprint density at radius 3 is 2.82 bits per heavy atom.